The standard InChI is InChI=1S/C14H17N3O3/c1-9(8-18)10(2)16-13-6-5-12-11(4-3-7-15-12)14(13)17(19)20/h3-7,9-10,16,18H,8H2,1-2H3. The van der Waals surface area contributed by atoms with Crippen LogP contribution in [0.4, 0.5) is 11.4 Å². The lowest BCUT2D eigenvalue weighted by molar-refractivity contribution is -0.382. The summed E-state index contributed by atoms with van der Waals surface area (Å²) in [6.07, 6.45) is 1.61. The van der Waals surface area contributed by atoms with Gasteiger partial charge in [-0.05, 0) is 37.1 Å². The van der Waals surface area contributed by atoms with Crippen LogP contribution in [0.3, 0.4) is 0 Å². The number of anilines is 1. The molecule has 2 unspecified atom stereocenters. The minimum atomic E-state index is -0.400. The number of aliphatic hydroxyl groups is 1. The lowest BCUT2D eigenvalue weighted by Gasteiger charge is -2.20. The molecule has 0 aliphatic heterocycles. The molecule has 1 aromatic heterocycles. The van der Waals surface area contributed by atoms with Crippen molar-refractivity contribution in [3.05, 3.63) is 40.6 Å². The minimum absolute atomic E-state index is 0.000741. The molecular formula is C14H17N3O3. The number of nitro groups is 1. The monoisotopic (exact) mass is 275 g/mol. The second kappa shape index (κ2) is 5.83. The Hall–Kier alpha value is -2.21. The summed E-state index contributed by atoms with van der Waals surface area (Å²) in [5.41, 5.74) is 1.06. The van der Waals surface area contributed by atoms with E-state index in [-0.39, 0.29) is 24.3 Å². The summed E-state index contributed by atoms with van der Waals surface area (Å²) < 4.78 is 0. The van der Waals surface area contributed by atoms with Crippen LogP contribution in [-0.2, 0) is 0 Å². The average molecular weight is 275 g/mol. The van der Waals surface area contributed by atoms with Gasteiger partial charge in [0.25, 0.3) is 0 Å². The normalized spacial score (nSPS) is 13.9. The summed E-state index contributed by atoms with van der Waals surface area (Å²) in [7, 11) is 0. The topological polar surface area (TPSA) is 88.3 Å². The molecule has 1 aromatic carbocycles. The molecule has 0 amide bonds. The SMILES string of the molecule is CC(CO)C(C)Nc1ccc2ncccc2c1[N+](=O)[O-]. The maximum atomic E-state index is 11.3. The average Bonchev–Trinajstić information content (AvgIpc) is 2.45. The van der Waals surface area contributed by atoms with Crippen molar-refractivity contribution < 1.29 is 10.0 Å². The summed E-state index contributed by atoms with van der Waals surface area (Å²) in [5.74, 6) is -0.000741. The van der Waals surface area contributed by atoms with Gasteiger partial charge in [-0.1, -0.05) is 6.92 Å². The third-order valence-electron chi connectivity index (χ3n) is 3.46. The highest BCUT2D eigenvalue weighted by Gasteiger charge is 2.21. The molecule has 2 aromatic rings. The number of nitro benzene ring substituents is 1. The molecule has 1 heterocycles. The first-order valence-corrected chi connectivity index (χ1v) is 6.44. The van der Waals surface area contributed by atoms with E-state index in [2.05, 4.69) is 10.3 Å². The van der Waals surface area contributed by atoms with Crippen LogP contribution in [0.1, 0.15) is 13.8 Å². The van der Waals surface area contributed by atoms with E-state index in [1.807, 2.05) is 13.8 Å². The number of aliphatic hydroxyl groups excluding tert-OH is 1. The van der Waals surface area contributed by atoms with E-state index in [1.165, 1.54) is 0 Å². The first-order chi connectivity index (χ1) is 9.54. The van der Waals surface area contributed by atoms with Gasteiger partial charge in [-0.3, -0.25) is 15.1 Å². The Balaban J connectivity index is 2.48. The largest absolute Gasteiger partial charge is 0.396 e. The lowest BCUT2D eigenvalue weighted by atomic mass is 10.0. The van der Waals surface area contributed by atoms with Gasteiger partial charge in [0.1, 0.15) is 5.69 Å². The van der Waals surface area contributed by atoms with E-state index >= 15 is 0 Å². The van der Waals surface area contributed by atoms with Gasteiger partial charge in [-0.15, -0.1) is 0 Å². The fraction of sp³-hybridized carbons (Fsp3) is 0.357. The highest BCUT2D eigenvalue weighted by Crippen LogP contribution is 2.33. The van der Waals surface area contributed by atoms with Crippen LogP contribution < -0.4 is 5.32 Å². The molecule has 106 valence electrons. The fourth-order valence-electron chi connectivity index (χ4n) is 2.00. The Morgan fingerprint density at radius 2 is 2.15 bits per heavy atom. The number of nitrogens with zero attached hydrogens (tertiary/aromatic N) is 2. The molecule has 0 saturated carbocycles. The van der Waals surface area contributed by atoms with Crippen LogP contribution >= 0.6 is 0 Å². The molecule has 6 nitrogen and oxygen atoms in total. The quantitative estimate of drug-likeness (QED) is 0.646. The molecule has 0 saturated heterocycles. The highest BCUT2D eigenvalue weighted by molar-refractivity contribution is 5.94. The van der Waals surface area contributed by atoms with E-state index in [0.717, 1.165) is 0 Å². The summed E-state index contributed by atoms with van der Waals surface area (Å²) in [4.78, 5) is 15.1. The van der Waals surface area contributed by atoms with Gasteiger partial charge in [-0.2, -0.15) is 0 Å². The number of nitrogens with one attached hydrogen (secondary N) is 1. The zero-order valence-electron chi connectivity index (χ0n) is 11.4. The molecule has 2 N–H and O–H groups in total. The molecule has 0 aliphatic carbocycles. The molecule has 0 aliphatic rings. The Morgan fingerprint density at radius 1 is 1.40 bits per heavy atom. The van der Waals surface area contributed by atoms with E-state index < -0.39 is 4.92 Å². The van der Waals surface area contributed by atoms with Crippen LogP contribution in [0.2, 0.25) is 0 Å². The smallest absolute Gasteiger partial charge is 0.301 e. The summed E-state index contributed by atoms with van der Waals surface area (Å²) >= 11 is 0. The Labute approximate surface area is 116 Å². The fourth-order valence-corrected chi connectivity index (χ4v) is 2.00. The molecule has 0 spiro atoms. The molecule has 0 bridgehead atoms. The number of hydrogen-bond acceptors (Lipinski definition) is 5. The van der Waals surface area contributed by atoms with E-state index in [1.54, 1.807) is 30.5 Å². The number of rotatable bonds is 5. The highest BCUT2D eigenvalue weighted by atomic mass is 16.6. The minimum Gasteiger partial charge on any atom is -0.396 e. The van der Waals surface area contributed by atoms with Crippen molar-refractivity contribution in [2.45, 2.75) is 19.9 Å². The molecule has 2 rings (SSSR count). The van der Waals surface area contributed by atoms with Crippen LogP contribution in [0.25, 0.3) is 10.9 Å². The van der Waals surface area contributed by atoms with Gasteiger partial charge in [0.15, 0.2) is 0 Å². The van der Waals surface area contributed by atoms with E-state index in [9.17, 15) is 10.1 Å². The Morgan fingerprint density at radius 3 is 2.80 bits per heavy atom. The third kappa shape index (κ3) is 2.70. The first-order valence-electron chi connectivity index (χ1n) is 6.44. The van der Waals surface area contributed by atoms with Crippen LogP contribution in [0, 0.1) is 16.0 Å². The molecule has 6 heteroatoms. The van der Waals surface area contributed by atoms with Crippen molar-refractivity contribution in [2.75, 3.05) is 11.9 Å². The maximum absolute atomic E-state index is 11.3. The maximum Gasteiger partial charge on any atom is 0.301 e. The second-order valence-corrected chi connectivity index (χ2v) is 4.88. The molecule has 2 atom stereocenters. The predicted octanol–water partition coefficient (Wildman–Crippen LogP) is 2.57. The second-order valence-electron chi connectivity index (χ2n) is 4.88. The summed E-state index contributed by atoms with van der Waals surface area (Å²) in [6, 6.07) is 6.70. The Kier molecular flexibility index (Phi) is 4.14. The van der Waals surface area contributed by atoms with Gasteiger partial charge < -0.3 is 10.4 Å². The number of pyridine rings is 1. The van der Waals surface area contributed by atoms with Gasteiger partial charge in [0.05, 0.1) is 15.8 Å². The Bertz CT molecular complexity index is 630. The van der Waals surface area contributed by atoms with Crippen molar-refractivity contribution in [3.8, 4) is 0 Å². The van der Waals surface area contributed by atoms with Crippen molar-refractivity contribution in [3.63, 3.8) is 0 Å². The van der Waals surface area contributed by atoms with Crippen LogP contribution in [-0.4, -0.2) is 27.7 Å². The predicted molar refractivity (Wildman–Crippen MR) is 77.7 cm³/mol. The molecular weight excluding hydrogens is 258 g/mol. The molecule has 20 heavy (non-hydrogen) atoms. The van der Waals surface area contributed by atoms with Gasteiger partial charge in [0, 0.05) is 18.8 Å². The van der Waals surface area contributed by atoms with E-state index in [4.69, 9.17) is 5.11 Å². The third-order valence-corrected chi connectivity index (χ3v) is 3.46. The zero-order chi connectivity index (χ0) is 14.7. The molecule has 0 radical (unpaired) electrons. The molecule has 0 fully saturated rings. The van der Waals surface area contributed by atoms with Gasteiger partial charge >= 0.3 is 5.69 Å². The van der Waals surface area contributed by atoms with Crippen LogP contribution in [0.5, 0.6) is 0 Å². The van der Waals surface area contributed by atoms with Crippen molar-refractivity contribution in [1.82, 2.24) is 4.98 Å². The van der Waals surface area contributed by atoms with Crippen molar-refractivity contribution >= 4 is 22.3 Å². The van der Waals surface area contributed by atoms with Crippen molar-refractivity contribution in [2.24, 2.45) is 5.92 Å². The zero-order valence-corrected chi connectivity index (χ0v) is 11.4. The lowest BCUT2D eigenvalue weighted by Crippen LogP contribution is -2.26. The van der Waals surface area contributed by atoms with E-state index in [0.29, 0.717) is 16.6 Å². The number of hydrogen-bond donors (Lipinski definition) is 2. The summed E-state index contributed by atoms with van der Waals surface area (Å²) in [5, 5.41) is 24.1. The first kappa shape index (κ1) is 14.2. The van der Waals surface area contributed by atoms with Crippen molar-refractivity contribution in [1.29, 1.82) is 0 Å². The van der Waals surface area contributed by atoms with Gasteiger partial charge in [0.2, 0.25) is 0 Å². The van der Waals surface area contributed by atoms with Gasteiger partial charge in [-0.25, -0.2) is 0 Å². The summed E-state index contributed by atoms with van der Waals surface area (Å²) in [6.45, 7) is 3.79. The number of aromatic nitrogens is 1. The number of fused-ring (bicyclic) bond motifs is 1. The van der Waals surface area contributed by atoms with Crippen LogP contribution in [0.15, 0.2) is 30.5 Å². The number of benzene rings is 1.